The summed E-state index contributed by atoms with van der Waals surface area (Å²) in [4.78, 5) is 24.8. The highest BCUT2D eigenvalue weighted by molar-refractivity contribution is 6.32. The number of carbonyl (C=O) groups is 2. The van der Waals surface area contributed by atoms with Gasteiger partial charge in [0.2, 0.25) is 0 Å². The second-order valence-corrected chi connectivity index (χ2v) is 7.04. The maximum atomic E-state index is 13.1. The Morgan fingerprint density at radius 3 is 2.13 bits per heavy atom. The molecule has 0 saturated carbocycles. The Morgan fingerprint density at radius 1 is 0.935 bits per heavy atom. The van der Waals surface area contributed by atoms with Crippen molar-refractivity contribution in [3.05, 3.63) is 94.5 Å². The second-order valence-electron chi connectivity index (χ2n) is 6.64. The van der Waals surface area contributed by atoms with Crippen LogP contribution in [0.2, 0.25) is 5.02 Å². The third-order valence-corrected chi connectivity index (χ3v) is 4.70. The van der Waals surface area contributed by atoms with Gasteiger partial charge < -0.3 is 14.7 Å². The smallest absolute Gasteiger partial charge is 0.335 e. The maximum Gasteiger partial charge on any atom is 0.335 e. The summed E-state index contributed by atoms with van der Waals surface area (Å²) in [5.41, 5.74) is 0.830. The van der Waals surface area contributed by atoms with Crippen LogP contribution in [0, 0.1) is 0 Å². The highest BCUT2D eigenvalue weighted by Crippen LogP contribution is 2.29. The molecule has 3 aromatic carbocycles. The molecule has 0 heterocycles. The van der Waals surface area contributed by atoms with E-state index in [0.717, 1.165) is 4.90 Å². The number of nitrogens with zero attached hydrogens (tertiary/aromatic N) is 1. The van der Waals surface area contributed by atoms with Crippen molar-refractivity contribution in [1.82, 2.24) is 4.90 Å². The fourth-order valence-corrected chi connectivity index (χ4v) is 3.04. The number of hydrogen-bond acceptors (Lipinski definition) is 3. The minimum absolute atomic E-state index is 0.0737. The van der Waals surface area contributed by atoms with Crippen LogP contribution in [-0.4, -0.2) is 34.9 Å². The van der Waals surface area contributed by atoms with Crippen LogP contribution in [0.4, 0.5) is 8.78 Å². The zero-order chi connectivity index (χ0) is 22.4. The second kappa shape index (κ2) is 10.0. The lowest BCUT2D eigenvalue weighted by molar-refractivity contribution is 0.0534. The van der Waals surface area contributed by atoms with E-state index < -0.39 is 24.8 Å². The molecule has 3 aromatic rings. The predicted molar refractivity (Wildman–Crippen MR) is 112 cm³/mol. The van der Waals surface area contributed by atoms with E-state index in [2.05, 4.69) is 0 Å². The Bertz CT molecular complexity index is 1060. The van der Waals surface area contributed by atoms with Crippen molar-refractivity contribution in [1.29, 1.82) is 0 Å². The average molecular weight is 446 g/mol. The van der Waals surface area contributed by atoms with Gasteiger partial charge >= 0.3 is 5.97 Å². The summed E-state index contributed by atoms with van der Waals surface area (Å²) in [6, 6.07) is 18.7. The number of carboxylic acid groups (broad SMARTS) is 1. The van der Waals surface area contributed by atoms with Crippen LogP contribution in [0.1, 0.15) is 26.3 Å². The van der Waals surface area contributed by atoms with E-state index in [-0.39, 0.29) is 17.7 Å². The molecule has 0 saturated heterocycles. The molecule has 31 heavy (non-hydrogen) atoms. The summed E-state index contributed by atoms with van der Waals surface area (Å²) in [5.74, 6) is -0.778. The fraction of sp³-hybridized carbons (Fsp3) is 0.130. The zero-order valence-corrected chi connectivity index (χ0v) is 16.9. The third-order valence-electron chi connectivity index (χ3n) is 4.39. The number of ether oxygens (including phenoxy) is 1. The van der Waals surface area contributed by atoms with E-state index in [0.29, 0.717) is 22.1 Å². The number of halogens is 3. The van der Waals surface area contributed by atoms with Crippen LogP contribution in [0.3, 0.4) is 0 Å². The van der Waals surface area contributed by atoms with Gasteiger partial charge in [0.25, 0.3) is 12.3 Å². The Labute approximate surface area is 182 Å². The molecule has 1 amide bonds. The molecule has 1 N–H and O–H groups in total. The van der Waals surface area contributed by atoms with E-state index >= 15 is 0 Å². The highest BCUT2D eigenvalue weighted by Gasteiger charge is 2.20. The van der Waals surface area contributed by atoms with Gasteiger partial charge in [-0.3, -0.25) is 4.79 Å². The molecule has 0 aromatic heterocycles. The van der Waals surface area contributed by atoms with Crippen molar-refractivity contribution in [2.45, 2.75) is 13.0 Å². The monoisotopic (exact) mass is 445 g/mol. The predicted octanol–water partition coefficient (Wildman–Crippen LogP) is 5.74. The number of carbonyl (C=O) groups excluding carboxylic acids is 1. The van der Waals surface area contributed by atoms with Gasteiger partial charge in [-0.2, -0.15) is 0 Å². The molecular weight excluding hydrogens is 428 g/mol. The quantitative estimate of drug-likeness (QED) is 0.480. The Kier molecular flexibility index (Phi) is 7.20. The van der Waals surface area contributed by atoms with Crippen LogP contribution in [0.15, 0.2) is 72.8 Å². The van der Waals surface area contributed by atoms with Gasteiger partial charge in [0.05, 0.1) is 17.1 Å². The van der Waals surface area contributed by atoms with Gasteiger partial charge in [0.15, 0.2) is 0 Å². The molecule has 160 valence electrons. The lowest BCUT2D eigenvalue weighted by atomic mass is 10.1. The molecule has 0 fully saturated rings. The molecule has 0 aliphatic rings. The van der Waals surface area contributed by atoms with Crippen LogP contribution >= 0.6 is 11.6 Å². The van der Waals surface area contributed by atoms with Crippen LogP contribution in [0.25, 0.3) is 0 Å². The first-order valence-electron chi connectivity index (χ1n) is 9.25. The lowest BCUT2D eigenvalue weighted by Gasteiger charge is -2.23. The number of carboxylic acids is 1. The molecule has 0 spiro atoms. The summed E-state index contributed by atoms with van der Waals surface area (Å²) in [5, 5.41) is 9.39. The van der Waals surface area contributed by atoms with Crippen molar-refractivity contribution < 1.29 is 28.2 Å². The van der Waals surface area contributed by atoms with E-state index in [4.69, 9.17) is 21.4 Å². The standard InChI is InChI=1S/C23H18ClF2NO4/c24-19-3-1-2-4-20(19)31-18-11-9-16(10-12-18)22(28)27(14-21(25)26)13-15-5-7-17(8-6-15)23(29)30/h1-12,21H,13-14H2,(H,29,30). The SMILES string of the molecule is O=C(O)c1ccc(CN(CC(F)F)C(=O)c2ccc(Oc3ccccc3Cl)cc2)cc1. The van der Waals surface area contributed by atoms with Crippen molar-refractivity contribution in [3.8, 4) is 11.5 Å². The zero-order valence-electron chi connectivity index (χ0n) is 16.2. The molecule has 0 bridgehead atoms. The first-order valence-corrected chi connectivity index (χ1v) is 9.63. The summed E-state index contributed by atoms with van der Waals surface area (Å²) >= 11 is 6.06. The van der Waals surface area contributed by atoms with Gasteiger partial charge in [-0.1, -0.05) is 35.9 Å². The Balaban J connectivity index is 1.74. The Morgan fingerprint density at radius 2 is 1.55 bits per heavy atom. The number of alkyl halides is 2. The first kappa shape index (κ1) is 22.2. The molecule has 3 rings (SSSR count). The van der Waals surface area contributed by atoms with Gasteiger partial charge in [-0.15, -0.1) is 0 Å². The minimum atomic E-state index is -2.72. The van der Waals surface area contributed by atoms with Crippen LogP contribution in [0.5, 0.6) is 11.5 Å². The average Bonchev–Trinajstić information content (AvgIpc) is 2.75. The van der Waals surface area contributed by atoms with E-state index in [1.807, 2.05) is 0 Å². The van der Waals surface area contributed by atoms with Crippen molar-refractivity contribution in [2.75, 3.05) is 6.54 Å². The summed E-state index contributed by atoms with van der Waals surface area (Å²) in [6.45, 7) is -0.835. The van der Waals surface area contributed by atoms with Gasteiger partial charge in [-0.05, 0) is 54.1 Å². The number of rotatable bonds is 8. The topological polar surface area (TPSA) is 66.8 Å². The number of para-hydroxylation sites is 1. The van der Waals surface area contributed by atoms with E-state index in [1.54, 1.807) is 36.4 Å². The molecular formula is C23H18ClF2NO4. The van der Waals surface area contributed by atoms with Crippen molar-refractivity contribution in [3.63, 3.8) is 0 Å². The molecule has 0 aliphatic carbocycles. The van der Waals surface area contributed by atoms with Crippen molar-refractivity contribution in [2.24, 2.45) is 0 Å². The molecule has 0 unspecified atom stereocenters. The fourth-order valence-electron chi connectivity index (χ4n) is 2.86. The number of benzene rings is 3. The number of aromatic carboxylic acids is 1. The molecule has 0 aliphatic heterocycles. The van der Waals surface area contributed by atoms with E-state index in [9.17, 15) is 18.4 Å². The summed E-state index contributed by atoms with van der Waals surface area (Å²) in [7, 11) is 0. The minimum Gasteiger partial charge on any atom is -0.478 e. The highest BCUT2D eigenvalue weighted by atomic mass is 35.5. The van der Waals surface area contributed by atoms with Crippen LogP contribution < -0.4 is 4.74 Å². The maximum absolute atomic E-state index is 13.1. The third kappa shape index (κ3) is 6.02. The van der Waals surface area contributed by atoms with Gasteiger partial charge in [0, 0.05) is 12.1 Å². The number of amides is 1. The normalized spacial score (nSPS) is 10.7. The number of hydrogen-bond donors (Lipinski definition) is 1. The van der Waals surface area contributed by atoms with Crippen molar-refractivity contribution >= 4 is 23.5 Å². The summed E-state index contributed by atoms with van der Waals surface area (Å²) < 4.78 is 31.8. The van der Waals surface area contributed by atoms with Crippen LogP contribution in [-0.2, 0) is 6.54 Å². The van der Waals surface area contributed by atoms with E-state index in [1.165, 1.54) is 36.4 Å². The Hall–Kier alpha value is -3.45. The summed E-state index contributed by atoms with van der Waals surface area (Å²) in [6.07, 6.45) is -2.72. The lowest BCUT2D eigenvalue weighted by Crippen LogP contribution is -2.34. The molecule has 8 heteroatoms. The molecule has 0 radical (unpaired) electrons. The van der Waals surface area contributed by atoms with Gasteiger partial charge in [0.1, 0.15) is 11.5 Å². The largest absolute Gasteiger partial charge is 0.478 e. The first-order chi connectivity index (χ1) is 14.8. The molecule has 0 atom stereocenters. The molecule has 5 nitrogen and oxygen atoms in total. The van der Waals surface area contributed by atoms with Gasteiger partial charge in [-0.25, -0.2) is 13.6 Å².